The summed E-state index contributed by atoms with van der Waals surface area (Å²) in [6, 6.07) is 7.42. The Hall–Kier alpha value is -0.190. The fourth-order valence-corrected chi connectivity index (χ4v) is 3.94. The number of aliphatic imine (C=N–C) groups is 1. The minimum atomic E-state index is -3.42. The molecular formula is C15H22BrClNO3P. The molecule has 7 heteroatoms. The lowest BCUT2D eigenvalue weighted by Crippen LogP contribution is -2.14. The first-order valence-electron chi connectivity index (χ1n) is 7.09. The van der Waals surface area contributed by atoms with E-state index in [4.69, 9.17) is 20.6 Å². The minimum absolute atomic E-state index is 0.282. The third-order valence-corrected chi connectivity index (χ3v) is 5.50. The van der Waals surface area contributed by atoms with Crippen molar-refractivity contribution < 1.29 is 13.6 Å². The van der Waals surface area contributed by atoms with Gasteiger partial charge in [0.25, 0.3) is 0 Å². The van der Waals surface area contributed by atoms with Crippen LogP contribution in [0.1, 0.15) is 39.0 Å². The zero-order chi connectivity index (χ0) is 16.8. The van der Waals surface area contributed by atoms with Gasteiger partial charge >= 0.3 is 7.60 Å². The van der Waals surface area contributed by atoms with E-state index in [2.05, 4.69) is 20.9 Å². The van der Waals surface area contributed by atoms with Crippen LogP contribution in [0.2, 0.25) is 0 Å². The Morgan fingerprint density at radius 3 is 2.18 bits per heavy atom. The van der Waals surface area contributed by atoms with E-state index in [1.165, 1.54) is 0 Å². The molecule has 0 N–H and O–H groups in total. The fraction of sp³-hybridized carbons (Fsp3) is 0.533. The van der Waals surface area contributed by atoms with Gasteiger partial charge in [-0.3, -0.25) is 9.56 Å². The quantitative estimate of drug-likeness (QED) is 0.309. The summed E-state index contributed by atoms with van der Waals surface area (Å²) in [7, 11) is -3.42. The summed E-state index contributed by atoms with van der Waals surface area (Å²) in [6.45, 7) is 7.74. The lowest BCUT2D eigenvalue weighted by molar-refractivity contribution is 0.212. The van der Waals surface area contributed by atoms with E-state index in [0.717, 1.165) is 10.0 Å². The van der Waals surface area contributed by atoms with Crippen LogP contribution < -0.4 is 0 Å². The molecule has 0 aliphatic rings. The summed E-state index contributed by atoms with van der Waals surface area (Å²) in [6.07, 6.45) is 1.58. The summed E-state index contributed by atoms with van der Waals surface area (Å²) in [5.41, 5.74) is 0.755. The summed E-state index contributed by atoms with van der Waals surface area (Å²) in [5.74, 6) is -0.737. The predicted molar refractivity (Wildman–Crippen MR) is 96.2 cm³/mol. The average Bonchev–Trinajstić information content (AvgIpc) is 2.40. The van der Waals surface area contributed by atoms with Crippen LogP contribution in [0.15, 0.2) is 33.7 Å². The summed E-state index contributed by atoms with van der Waals surface area (Å²) in [5, 5.41) is 0. The summed E-state index contributed by atoms with van der Waals surface area (Å²) >= 11 is 9.55. The Bertz CT molecular complexity index is 533. The van der Waals surface area contributed by atoms with Gasteiger partial charge in [-0.1, -0.05) is 28.1 Å². The molecular weight excluding hydrogens is 389 g/mol. The molecule has 0 bridgehead atoms. The van der Waals surface area contributed by atoms with Gasteiger partial charge in [0.2, 0.25) is 0 Å². The largest absolute Gasteiger partial charge is 0.359 e. The van der Waals surface area contributed by atoms with Crippen LogP contribution in [-0.4, -0.2) is 24.3 Å². The molecule has 0 amide bonds. The maximum absolute atomic E-state index is 13.1. The van der Waals surface area contributed by atoms with E-state index >= 15 is 0 Å². The molecule has 4 nitrogen and oxygen atoms in total. The number of benzene rings is 1. The van der Waals surface area contributed by atoms with Crippen molar-refractivity contribution in [2.45, 2.75) is 38.4 Å². The van der Waals surface area contributed by atoms with Crippen molar-refractivity contribution in [2.24, 2.45) is 4.99 Å². The van der Waals surface area contributed by atoms with Crippen LogP contribution in [-0.2, 0) is 13.6 Å². The number of rotatable bonds is 8. The lowest BCUT2D eigenvalue weighted by Gasteiger charge is -2.24. The Morgan fingerprint density at radius 2 is 1.77 bits per heavy atom. The van der Waals surface area contributed by atoms with E-state index < -0.39 is 18.3 Å². The van der Waals surface area contributed by atoms with Crippen molar-refractivity contribution in [3.8, 4) is 0 Å². The van der Waals surface area contributed by atoms with Crippen molar-refractivity contribution in [2.75, 3.05) is 13.2 Å². The smallest absolute Gasteiger partial charge is 0.307 e. The molecule has 0 aliphatic heterocycles. The van der Waals surface area contributed by atoms with Gasteiger partial charge in [-0.05, 0) is 45.4 Å². The third-order valence-electron chi connectivity index (χ3n) is 2.61. The number of hydrogen-bond donors (Lipinski definition) is 0. The van der Waals surface area contributed by atoms with Gasteiger partial charge in [0.15, 0.2) is 5.78 Å². The first-order valence-corrected chi connectivity index (χ1v) is 9.87. The van der Waals surface area contributed by atoms with Crippen LogP contribution in [0.3, 0.4) is 0 Å². The van der Waals surface area contributed by atoms with E-state index in [1.54, 1.807) is 20.1 Å². The molecule has 1 aromatic rings. The van der Waals surface area contributed by atoms with Crippen LogP contribution in [0.5, 0.6) is 0 Å². The highest BCUT2D eigenvalue weighted by molar-refractivity contribution is 9.10. The first kappa shape index (κ1) is 19.9. The van der Waals surface area contributed by atoms with Crippen molar-refractivity contribution in [3.63, 3.8) is 0 Å². The third kappa shape index (κ3) is 6.13. The van der Waals surface area contributed by atoms with Gasteiger partial charge in [-0.25, -0.2) is 0 Å². The Balaban J connectivity index is 3.28. The van der Waals surface area contributed by atoms with Crippen LogP contribution in [0.4, 0.5) is 0 Å². The summed E-state index contributed by atoms with van der Waals surface area (Å²) in [4.78, 5) is 3.78. The first-order chi connectivity index (χ1) is 10.2. The SMILES string of the molecule is CCOP(=O)(OCC)C(/N=C/C(C)(C)Cl)c1ccc(Br)cc1. The van der Waals surface area contributed by atoms with Gasteiger partial charge in [-0.15, -0.1) is 11.6 Å². The second kappa shape index (κ2) is 8.60. The van der Waals surface area contributed by atoms with Gasteiger partial charge in [-0.2, -0.15) is 0 Å². The van der Waals surface area contributed by atoms with Crippen molar-refractivity contribution in [3.05, 3.63) is 34.3 Å². The average molecular weight is 411 g/mol. The van der Waals surface area contributed by atoms with Gasteiger partial charge in [0.05, 0.1) is 18.1 Å². The monoisotopic (exact) mass is 409 g/mol. The van der Waals surface area contributed by atoms with Crippen molar-refractivity contribution >= 4 is 41.3 Å². The molecule has 1 rings (SSSR count). The van der Waals surface area contributed by atoms with Gasteiger partial charge in [0.1, 0.15) is 0 Å². The van der Waals surface area contributed by atoms with Gasteiger partial charge in [0, 0.05) is 10.7 Å². The van der Waals surface area contributed by atoms with Crippen LogP contribution in [0, 0.1) is 0 Å². The normalized spacial score (nSPS) is 14.5. The molecule has 0 fully saturated rings. The highest BCUT2D eigenvalue weighted by atomic mass is 79.9. The zero-order valence-corrected chi connectivity index (χ0v) is 16.5. The highest BCUT2D eigenvalue weighted by Gasteiger charge is 2.36. The molecule has 0 radical (unpaired) electrons. The number of hydrogen-bond acceptors (Lipinski definition) is 4. The maximum atomic E-state index is 13.1. The molecule has 0 spiro atoms. The maximum Gasteiger partial charge on any atom is 0.359 e. The van der Waals surface area contributed by atoms with Gasteiger partial charge < -0.3 is 9.05 Å². The molecule has 1 aromatic carbocycles. The van der Waals surface area contributed by atoms with E-state index in [1.807, 2.05) is 38.1 Å². The van der Waals surface area contributed by atoms with Crippen molar-refractivity contribution in [1.29, 1.82) is 0 Å². The van der Waals surface area contributed by atoms with Crippen LogP contribution in [0.25, 0.3) is 0 Å². The summed E-state index contributed by atoms with van der Waals surface area (Å²) < 4.78 is 24.9. The molecule has 0 heterocycles. The Kier molecular flexibility index (Phi) is 7.76. The molecule has 22 heavy (non-hydrogen) atoms. The van der Waals surface area contributed by atoms with E-state index in [-0.39, 0.29) is 13.2 Å². The molecule has 124 valence electrons. The molecule has 1 unspecified atom stereocenters. The number of nitrogens with zero attached hydrogens (tertiary/aromatic N) is 1. The highest BCUT2D eigenvalue weighted by Crippen LogP contribution is 2.61. The number of alkyl halides is 1. The molecule has 0 saturated heterocycles. The van der Waals surface area contributed by atoms with Crippen LogP contribution >= 0.6 is 35.1 Å². The molecule has 1 atom stereocenters. The standard InChI is InChI=1S/C15H22BrClNO3P/c1-5-20-22(19,21-6-2)14(18-11-15(3,4)17)12-7-9-13(16)10-8-12/h7-11,14H,5-6H2,1-4H3/b18-11+. The molecule has 0 aromatic heterocycles. The topological polar surface area (TPSA) is 47.9 Å². The van der Waals surface area contributed by atoms with E-state index in [0.29, 0.717) is 0 Å². The van der Waals surface area contributed by atoms with E-state index in [9.17, 15) is 4.57 Å². The second-order valence-electron chi connectivity index (χ2n) is 5.14. The Morgan fingerprint density at radius 1 is 1.27 bits per heavy atom. The lowest BCUT2D eigenvalue weighted by atomic mass is 10.2. The second-order valence-corrected chi connectivity index (χ2v) is 9.12. The number of halogens is 2. The fourth-order valence-electron chi connectivity index (χ4n) is 1.77. The predicted octanol–water partition coefficient (Wildman–Crippen LogP) is 5.80. The molecule has 0 saturated carbocycles. The molecule has 0 aliphatic carbocycles. The Labute approximate surface area is 145 Å². The van der Waals surface area contributed by atoms with Crippen molar-refractivity contribution in [1.82, 2.24) is 0 Å². The minimum Gasteiger partial charge on any atom is -0.307 e. The zero-order valence-electron chi connectivity index (χ0n) is 13.3.